The highest BCUT2D eigenvalue weighted by Crippen LogP contribution is 2.22. The molecule has 4 heteroatoms. The van der Waals surface area contributed by atoms with E-state index in [0.29, 0.717) is 12.6 Å². The minimum Gasteiger partial charge on any atom is -0.383 e. The Kier molecular flexibility index (Phi) is 7.81. The predicted octanol–water partition coefficient (Wildman–Crippen LogP) is 2.29. The lowest BCUT2D eigenvalue weighted by Crippen LogP contribution is -2.41. The molecular weight excluding hydrogens is 226 g/mol. The molecule has 1 rings (SSSR count). The van der Waals surface area contributed by atoms with Crippen LogP contribution in [0, 0.1) is 5.92 Å². The summed E-state index contributed by atoms with van der Waals surface area (Å²) in [7, 11) is 1.69. The minimum atomic E-state index is 0.219. The molecule has 4 nitrogen and oxygen atoms in total. The number of guanidine groups is 1. The molecule has 0 aliphatic heterocycles. The van der Waals surface area contributed by atoms with Crippen molar-refractivity contribution in [2.75, 3.05) is 20.3 Å². The van der Waals surface area contributed by atoms with Crippen molar-refractivity contribution < 1.29 is 4.74 Å². The lowest BCUT2D eigenvalue weighted by atomic mass is 9.91. The van der Waals surface area contributed by atoms with Crippen LogP contribution in [0.2, 0.25) is 0 Å². The lowest BCUT2D eigenvalue weighted by molar-refractivity contribution is 0.179. The van der Waals surface area contributed by atoms with E-state index in [4.69, 9.17) is 10.5 Å². The summed E-state index contributed by atoms with van der Waals surface area (Å²) in [6, 6.07) is 0.219. The first kappa shape index (κ1) is 15.3. The van der Waals surface area contributed by atoms with Crippen molar-refractivity contribution >= 4 is 5.96 Å². The molecule has 0 amide bonds. The summed E-state index contributed by atoms with van der Waals surface area (Å²) in [5, 5.41) is 3.15. The SMILES string of the molecule is COCC(C)NC(N)=NCC1CCCCCCC1. The predicted molar refractivity (Wildman–Crippen MR) is 76.8 cm³/mol. The van der Waals surface area contributed by atoms with Gasteiger partial charge in [-0.15, -0.1) is 0 Å². The number of methoxy groups -OCH3 is 1. The Morgan fingerprint density at radius 3 is 2.50 bits per heavy atom. The van der Waals surface area contributed by atoms with E-state index in [1.165, 1.54) is 44.9 Å². The molecule has 1 unspecified atom stereocenters. The van der Waals surface area contributed by atoms with Gasteiger partial charge in [-0.05, 0) is 25.7 Å². The van der Waals surface area contributed by atoms with Crippen LogP contribution in [-0.4, -0.2) is 32.3 Å². The molecule has 3 N–H and O–H groups in total. The number of hydrogen-bond donors (Lipinski definition) is 2. The van der Waals surface area contributed by atoms with Gasteiger partial charge in [0.15, 0.2) is 5.96 Å². The molecule has 0 aromatic heterocycles. The maximum Gasteiger partial charge on any atom is 0.188 e. The monoisotopic (exact) mass is 255 g/mol. The molecule has 0 saturated heterocycles. The summed E-state index contributed by atoms with van der Waals surface area (Å²) in [5.74, 6) is 1.28. The van der Waals surface area contributed by atoms with Crippen molar-refractivity contribution in [1.29, 1.82) is 0 Å². The zero-order valence-electron chi connectivity index (χ0n) is 12.0. The van der Waals surface area contributed by atoms with Crippen LogP contribution in [0.3, 0.4) is 0 Å². The molecule has 0 aromatic rings. The van der Waals surface area contributed by atoms with Crippen LogP contribution >= 0.6 is 0 Å². The van der Waals surface area contributed by atoms with Crippen molar-refractivity contribution in [1.82, 2.24) is 5.32 Å². The third-order valence-corrected chi connectivity index (χ3v) is 3.56. The Morgan fingerprint density at radius 1 is 1.28 bits per heavy atom. The topological polar surface area (TPSA) is 59.6 Å². The summed E-state index contributed by atoms with van der Waals surface area (Å²) in [5.41, 5.74) is 5.88. The Labute approximate surface area is 111 Å². The highest BCUT2D eigenvalue weighted by atomic mass is 16.5. The standard InChI is InChI=1S/C14H29N3O/c1-12(11-18-2)17-14(15)16-10-13-8-6-4-3-5-7-9-13/h12-13H,3-11H2,1-2H3,(H3,15,16,17). The van der Waals surface area contributed by atoms with Gasteiger partial charge in [0.25, 0.3) is 0 Å². The third kappa shape index (κ3) is 6.84. The highest BCUT2D eigenvalue weighted by molar-refractivity contribution is 5.78. The molecule has 1 aliphatic carbocycles. The average Bonchev–Trinajstić information content (AvgIpc) is 2.27. The highest BCUT2D eigenvalue weighted by Gasteiger charge is 2.11. The maximum atomic E-state index is 5.88. The Balaban J connectivity index is 2.27. The number of nitrogens with two attached hydrogens (primary N) is 1. The number of ether oxygens (including phenoxy) is 1. The zero-order chi connectivity index (χ0) is 13.2. The molecule has 18 heavy (non-hydrogen) atoms. The number of nitrogens with one attached hydrogen (secondary N) is 1. The van der Waals surface area contributed by atoms with Crippen LogP contribution in [-0.2, 0) is 4.74 Å². The number of nitrogens with zero attached hydrogens (tertiary/aromatic N) is 1. The average molecular weight is 255 g/mol. The van der Waals surface area contributed by atoms with Gasteiger partial charge in [0.2, 0.25) is 0 Å². The molecule has 0 aromatic carbocycles. The van der Waals surface area contributed by atoms with Crippen molar-refractivity contribution in [3.63, 3.8) is 0 Å². The summed E-state index contributed by atoms with van der Waals surface area (Å²) < 4.78 is 5.06. The largest absolute Gasteiger partial charge is 0.383 e. The maximum absolute atomic E-state index is 5.88. The van der Waals surface area contributed by atoms with E-state index in [1.54, 1.807) is 7.11 Å². The fourth-order valence-electron chi connectivity index (χ4n) is 2.54. The third-order valence-electron chi connectivity index (χ3n) is 3.56. The number of hydrogen-bond acceptors (Lipinski definition) is 2. The van der Waals surface area contributed by atoms with Crippen molar-refractivity contribution in [3.8, 4) is 0 Å². The molecule has 0 radical (unpaired) electrons. The first-order valence-corrected chi connectivity index (χ1v) is 7.27. The number of aliphatic imine (C=N–C) groups is 1. The first-order valence-electron chi connectivity index (χ1n) is 7.27. The fourth-order valence-corrected chi connectivity index (χ4v) is 2.54. The quantitative estimate of drug-likeness (QED) is 0.585. The molecule has 0 heterocycles. The van der Waals surface area contributed by atoms with Gasteiger partial charge in [-0.3, -0.25) is 4.99 Å². The van der Waals surface area contributed by atoms with E-state index in [-0.39, 0.29) is 6.04 Å². The minimum absolute atomic E-state index is 0.219. The second-order valence-corrected chi connectivity index (χ2v) is 5.44. The summed E-state index contributed by atoms with van der Waals surface area (Å²) in [4.78, 5) is 4.47. The molecule has 1 atom stereocenters. The van der Waals surface area contributed by atoms with E-state index < -0.39 is 0 Å². The summed E-state index contributed by atoms with van der Waals surface area (Å²) in [6.45, 7) is 3.57. The Bertz CT molecular complexity index is 235. The van der Waals surface area contributed by atoms with Crippen LogP contribution in [0.4, 0.5) is 0 Å². The molecule has 0 spiro atoms. The van der Waals surface area contributed by atoms with Gasteiger partial charge in [-0.1, -0.05) is 32.1 Å². The van der Waals surface area contributed by atoms with Gasteiger partial charge in [0, 0.05) is 19.7 Å². The van der Waals surface area contributed by atoms with Crippen LogP contribution < -0.4 is 11.1 Å². The summed E-state index contributed by atoms with van der Waals surface area (Å²) >= 11 is 0. The van der Waals surface area contributed by atoms with Gasteiger partial charge in [-0.2, -0.15) is 0 Å². The Morgan fingerprint density at radius 2 is 1.89 bits per heavy atom. The molecule has 0 bridgehead atoms. The van der Waals surface area contributed by atoms with Gasteiger partial charge in [0.05, 0.1) is 6.61 Å². The van der Waals surface area contributed by atoms with E-state index in [1.807, 2.05) is 6.92 Å². The number of rotatable bonds is 5. The fraction of sp³-hybridized carbons (Fsp3) is 0.929. The smallest absolute Gasteiger partial charge is 0.188 e. The van der Waals surface area contributed by atoms with E-state index >= 15 is 0 Å². The lowest BCUT2D eigenvalue weighted by Gasteiger charge is -2.18. The van der Waals surface area contributed by atoms with Gasteiger partial charge in [-0.25, -0.2) is 0 Å². The molecule has 1 fully saturated rings. The van der Waals surface area contributed by atoms with Crippen LogP contribution in [0.5, 0.6) is 0 Å². The van der Waals surface area contributed by atoms with Crippen molar-refractivity contribution in [2.24, 2.45) is 16.6 Å². The normalized spacial score (nSPS) is 21.1. The van der Waals surface area contributed by atoms with Crippen LogP contribution in [0.1, 0.15) is 51.9 Å². The van der Waals surface area contributed by atoms with E-state index in [2.05, 4.69) is 10.3 Å². The van der Waals surface area contributed by atoms with Crippen LogP contribution in [0.25, 0.3) is 0 Å². The summed E-state index contributed by atoms with van der Waals surface area (Å²) in [6.07, 6.45) is 9.52. The molecular formula is C14H29N3O. The second kappa shape index (κ2) is 9.20. The molecule has 106 valence electrons. The zero-order valence-corrected chi connectivity index (χ0v) is 12.0. The molecule has 1 saturated carbocycles. The van der Waals surface area contributed by atoms with Crippen molar-refractivity contribution in [2.45, 2.75) is 57.9 Å². The second-order valence-electron chi connectivity index (χ2n) is 5.44. The van der Waals surface area contributed by atoms with E-state index in [0.717, 1.165) is 12.5 Å². The van der Waals surface area contributed by atoms with Gasteiger partial charge < -0.3 is 15.8 Å². The van der Waals surface area contributed by atoms with Gasteiger partial charge >= 0.3 is 0 Å². The van der Waals surface area contributed by atoms with Crippen LogP contribution in [0.15, 0.2) is 4.99 Å². The Hall–Kier alpha value is -0.770. The molecule has 1 aliphatic rings. The van der Waals surface area contributed by atoms with Gasteiger partial charge in [0.1, 0.15) is 0 Å². The van der Waals surface area contributed by atoms with E-state index in [9.17, 15) is 0 Å². The first-order chi connectivity index (χ1) is 8.72. The van der Waals surface area contributed by atoms with Crippen molar-refractivity contribution in [3.05, 3.63) is 0 Å².